The Kier molecular flexibility index (Phi) is 8.80. The molecule has 0 aliphatic carbocycles. The number of amides is 1. The predicted octanol–water partition coefficient (Wildman–Crippen LogP) is 1.57. The minimum Gasteiger partial charge on any atom is -0.385 e. The highest BCUT2D eigenvalue weighted by molar-refractivity contribution is 5.91. The van der Waals surface area contributed by atoms with Crippen LogP contribution in [-0.4, -0.2) is 46.1 Å². The molecule has 1 amide bonds. The van der Waals surface area contributed by atoms with Crippen molar-refractivity contribution in [2.45, 2.75) is 6.42 Å². The number of carbonyl (C=O) groups is 1. The number of carbonyl (C=O) groups excluding carboxylic acids is 1. The smallest absolute Gasteiger partial charge is 0.250 e. The van der Waals surface area contributed by atoms with Crippen molar-refractivity contribution < 1.29 is 19.0 Å². The summed E-state index contributed by atoms with van der Waals surface area (Å²) in [7, 11) is 1.65. The highest BCUT2D eigenvalue weighted by atomic mass is 16.5. The highest BCUT2D eigenvalue weighted by Gasteiger charge is 2.03. The second-order valence-electron chi connectivity index (χ2n) is 4.25. The van der Waals surface area contributed by atoms with Crippen molar-refractivity contribution in [2.24, 2.45) is 0 Å². The van der Waals surface area contributed by atoms with E-state index in [1.165, 1.54) is 0 Å². The van der Waals surface area contributed by atoms with E-state index in [2.05, 4.69) is 5.32 Å². The molecule has 0 atom stereocenters. The molecule has 1 rings (SSSR count). The van der Waals surface area contributed by atoms with Crippen molar-refractivity contribution in [1.82, 2.24) is 0 Å². The molecule has 0 radical (unpaired) electrons. The van der Waals surface area contributed by atoms with Gasteiger partial charge in [0, 0.05) is 26.0 Å². The van der Waals surface area contributed by atoms with E-state index < -0.39 is 0 Å². The summed E-state index contributed by atoms with van der Waals surface area (Å²) in [6.07, 6.45) is 0.840. The van der Waals surface area contributed by atoms with E-state index in [0.717, 1.165) is 6.42 Å². The second kappa shape index (κ2) is 10.8. The van der Waals surface area contributed by atoms with Gasteiger partial charge in [-0.1, -0.05) is 6.07 Å². The van der Waals surface area contributed by atoms with Gasteiger partial charge in [0.05, 0.1) is 24.8 Å². The zero-order valence-corrected chi connectivity index (χ0v) is 12.1. The van der Waals surface area contributed by atoms with Gasteiger partial charge >= 0.3 is 0 Å². The van der Waals surface area contributed by atoms with Gasteiger partial charge in [-0.25, -0.2) is 0 Å². The monoisotopic (exact) mass is 292 g/mol. The minimum absolute atomic E-state index is 0.0434. The summed E-state index contributed by atoms with van der Waals surface area (Å²) < 4.78 is 15.4. The van der Waals surface area contributed by atoms with Crippen molar-refractivity contribution in [3.8, 4) is 6.07 Å². The van der Waals surface area contributed by atoms with Crippen LogP contribution in [-0.2, 0) is 19.0 Å². The third-order valence-electron chi connectivity index (χ3n) is 2.52. The number of hydrogen-bond acceptors (Lipinski definition) is 5. The lowest BCUT2D eigenvalue weighted by Crippen LogP contribution is -2.20. The fraction of sp³-hybridized carbons (Fsp3) is 0.467. The summed E-state index contributed by atoms with van der Waals surface area (Å²) in [6, 6.07) is 8.73. The molecule has 1 N–H and O–H groups in total. The zero-order chi connectivity index (χ0) is 15.3. The summed E-state index contributed by atoms with van der Waals surface area (Å²) in [5.74, 6) is -0.260. The number of hydrogen-bond donors (Lipinski definition) is 1. The lowest BCUT2D eigenvalue weighted by Gasteiger charge is -2.07. The normalized spacial score (nSPS) is 10.1. The Morgan fingerprint density at radius 3 is 2.81 bits per heavy atom. The molecule has 0 saturated carbocycles. The number of rotatable bonds is 10. The average molecular weight is 292 g/mol. The molecule has 21 heavy (non-hydrogen) atoms. The molecule has 0 spiro atoms. The van der Waals surface area contributed by atoms with Crippen LogP contribution in [0.4, 0.5) is 5.69 Å². The third-order valence-corrected chi connectivity index (χ3v) is 2.52. The van der Waals surface area contributed by atoms with Crippen LogP contribution in [0.25, 0.3) is 0 Å². The van der Waals surface area contributed by atoms with Gasteiger partial charge in [-0.15, -0.1) is 0 Å². The number of nitrogens with one attached hydrogen (secondary N) is 1. The van der Waals surface area contributed by atoms with Crippen LogP contribution in [0.2, 0.25) is 0 Å². The molecule has 0 aliphatic rings. The van der Waals surface area contributed by atoms with Crippen LogP contribution >= 0.6 is 0 Å². The average Bonchev–Trinajstić information content (AvgIpc) is 2.50. The number of nitriles is 1. The van der Waals surface area contributed by atoms with E-state index in [0.29, 0.717) is 37.7 Å². The summed E-state index contributed by atoms with van der Waals surface area (Å²) in [4.78, 5) is 11.6. The van der Waals surface area contributed by atoms with E-state index in [-0.39, 0.29) is 12.5 Å². The molecule has 1 aromatic rings. The fourth-order valence-electron chi connectivity index (χ4n) is 1.55. The Bertz CT molecular complexity index is 471. The molecule has 0 fully saturated rings. The minimum atomic E-state index is -0.260. The maximum absolute atomic E-state index is 11.6. The first kappa shape index (κ1) is 17.1. The molecule has 1 aromatic carbocycles. The molecule has 0 heterocycles. The Labute approximate surface area is 124 Å². The topological polar surface area (TPSA) is 80.6 Å². The first-order chi connectivity index (χ1) is 10.3. The Balaban J connectivity index is 2.10. The fourth-order valence-corrected chi connectivity index (χ4v) is 1.55. The van der Waals surface area contributed by atoms with Crippen LogP contribution < -0.4 is 5.32 Å². The van der Waals surface area contributed by atoms with Crippen LogP contribution in [0, 0.1) is 11.3 Å². The maximum Gasteiger partial charge on any atom is 0.250 e. The molecule has 6 heteroatoms. The number of benzene rings is 1. The van der Waals surface area contributed by atoms with Crippen molar-refractivity contribution in [1.29, 1.82) is 5.26 Å². The largest absolute Gasteiger partial charge is 0.385 e. The van der Waals surface area contributed by atoms with Crippen LogP contribution in [0.3, 0.4) is 0 Å². The molecule has 114 valence electrons. The molecule has 0 aromatic heterocycles. The van der Waals surface area contributed by atoms with Crippen molar-refractivity contribution in [2.75, 3.05) is 45.5 Å². The first-order valence-electron chi connectivity index (χ1n) is 6.70. The number of anilines is 1. The SMILES string of the molecule is COCCCOCCOCC(=O)Nc1cccc(C#N)c1. The third kappa shape index (κ3) is 8.05. The second-order valence-corrected chi connectivity index (χ2v) is 4.25. The molecule has 6 nitrogen and oxygen atoms in total. The first-order valence-corrected chi connectivity index (χ1v) is 6.70. The van der Waals surface area contributed by atoms with Crippen LogP contribution in [0.5, 0.6) is 0 Å². The summed E-state index contributed by atoms with van der Waals surface area (Å²) in [5.41, 5.74) is 1.08. The Morgan fingerprint density at radius 1 is 1.24 bits per heavy atom. The summed E-state index contributed by atoms with van der Waals surface area (Å²) in [6.45, 7) is 2.05. The number of methoxy groups -OCH3 is 1. The predicted molar refractivity (Wildman–Crippen MR) is 77.9 cm³/mol. The van der Waals surface area contributed by atoms with Gasteiger partial charge in [0.2, 0.25) is 5.91 Å². The van der Waals surface area contributed by atoms with E-state index in [4.69, 9.17) is 19.5 Å². The molecular formula is C15H20N2O4. The zero-order valence-electron chi connectivity index (χ0n) is 12.1. The molecule has 0 bridgehead atoms. The van der Waals surface area contributed by atoms with Crippen molar-refractivity contribution >= 4 is 11.6 Å². The van der Waals surface area contributed by atoms with Gasteiger partial charge in [0.15, 0.2) is 0 Å². The Morgan fingerprint density at radius 2 is 2.05 bits per heavy atom. The summed E-state index contributed by atoms with van der Waals surface area (Å²) in [5, 5.41) is 11.4. The van der Waals surface area contributed by atoms with E-state index in [9.17, 15) is 4.79 Å². The van der Waals surface area contributed by atoms with E-state index in [1.54, 1.807) is 31.4 Å². The van der Waals surface area contributed by atoms with Crippen molar-refractivity contribution in [3.05, 3.63) is 29.8 Å². The van der Waals surface area contributed by atoms with Crippen LogP contribution in [0.15, 0.2) is 24.3 Å². The lowest BCUT2D eigenvalue weighted by molar-refractivity contribution is -0.121. The Hall–Kier alpha value is -1.94. The van der Waals surface area contributed by atoms with Gasteiger partial charge in [0.1, 0.15) is 6.61 Å². The van der Waals surface area contributed by atoms with Crippen molar-refractivity contribution in [3.63, 3.8) is 0 Å². The van der Waals surface area contributed by atoms with Gasteiger partial charge in [-0.2, -0.15) is 5.26 Å². The lowest BCUT2D eigenvalue weighted by atomic mass is 10.2. The van der Waals surface area contributed by atoms with Gasteiger partial charge in [-0.3, -0.25) is 4.79 Å². The van der Waals surface area contributed by atoms with Gasteiger partial charge < -0.3 is 19.5 Å². The molecular weight excluding hydrogens is 272 g/mol. The van der Waals surface area contributed by atoms with Gasteiger partial charge in [-0.05, 0) is 24.6 Å². The van der Waals surface area contributed by atoms with E-state index in [1.807, 2.05) is 6.07 Å². The summed E-state index contributed by atoms with van der Waals surface area (Å²) >= 11 is 0. The maximum atomic E-state index is 11.6. The van der Waals surface area contributed by atoms with Crippen LogP contribution in [0.1, 0.15) is 12.0 Å². The molecule has 0 unspecified atom stereocenters. The number of ether oxygens (including phenoxy) is 3. The molecule has 0 saturated heterocycles. The molecule has 0 aliphatic heterocycles. The van der Waals surface area contributed by atoms with E-state index >= 15 is 0 Å². The standard InChI is InChI=1S/C15H20N2O4/c1-19-6-3-7-20-8-9-21-12-15(18)17-14-5-2-4-13(10-14)11-16/h2,4-5,10H,3,6-9,12H2,1H3,(H,17,18). The van der Waals surface area contributed by atoms with Gasteiger partial charge in [0.25, 0.3) is 0 Å². The quantitative estimate of drug-likeness (QED) is 0.662. The number of nitrogens with zero attached hydrogens (tertiary/aromatic N) is 1. The highest BCUT2D eigenvalue weighted by Crippen LogP contribution is 2.09.